The molecule has 5 aromatic rings. The quantitative estimate of drug-likeness (QED) is 0.0756. The number of aliphatic carboxylic acids is 1. The highest BCUT2D eigenvalue weighted by Crippen LogP contribution is 2.66. The monoisotopic (exact) mass is 829 g/mol. The zero-order valence-electron chi connectivity index (χ0n) is 34.2. The lowest BCUT2D eigenvalue weighted by Gasteiger charge is -2.46. The number of phenolic OH excluding ortho intramolecular Hbond substituents is 1. The van der Waals surface area contributed by atoms with E-state index in [2.05, 4.69) is 17.2 Å². The molecule has 5 aromatic carbocycles. The molecule has 3 aliphatic heterocycles. The molecule has 1 spiro atoms. The molecule has 0 unspecified atom stereocenters. The van der Waals surface area contributed by atoms with Gasteiger partial charge in [0.15, 0.2) is 0 Å². The summed E-state index contributed by atoms with van der Waals surface area (Å²) in [6, 6.07) is 33.9. The summed E-state index contributed by atoms with van der Waals surface area (Å²) in [5, 5.41) is 36.7. The van der Waals surface area contributed by atoms with Gasteiger partial charge in [-0.25, -0.2) is 9.69 Å². The van der Waals surface area contributed by atoms with Crippen molar-refractivity contribution in [3.63, 3.8) is 0 Å². The van der Waals surface area contributed by atoms with Crippen molar-refractivity contribution in [3.05, 3.63) is 167 Å². The fourth-order valence-corrected chi connectivity index (χ4v) is 10.3. The van der Waals surface area contributed by atoms with Crippen molar-refractivity contribution >= 4 is 29.6 Å². The van der Waals surface area contributed by atoms with Gasteiger partial charge in [-0.3, -0.25) is 19.3 Å². The van der Waals surface area contributed by atoms with Crippen molar-refractivity contribution in [2.45, 2.75) is 86.7 Å². The predicted octanol–water partition coefficient (Wildman–Crippen LogP) is 8.05. The summed E-state index contributed by atoms with van der Waals surface area (Å²) in [6.07, 6.45) is 3.73. The number of carbonyl (C=O) groups excluding carboxylic acids is 3. The number of hydrogen-bond donors (Lipinski definition) is 4. The summed E-state index contributed by atoms with van der Waals surface area (Å²) in [7, 11) is 0. The zero-order valence-corrected chi connectivity index (χ0v) is 34.2. The number of carbonyl (C=O) groups is 4. The van der Waals surface area contributed by atoms with Gasteiger partial charge in [0.1, 0.15) is 34.8 Å². The number of hydrogen-bond acceptors (Lipinski definition) is 8. The Hall–Kier alpha value is -6.74. The van der Waals surface area contributed by atoms with Crippen LogP contribution in [0, 0.1) is 17.8 Å². The number of phenols is 1. The molecule has 0 bridgehead atoms. The first kappa shape index (κ1) is 40.7. The van der Waals surface area contributed by atoms with Gasteiger partial charge in [-0.05, 0) is 90.8 Å². The fourth-order valence-electron chi connectivity index (χ4n) is 10.3. The molecular formula is C51H47N3O8. The Balaban J connectivity index is 1.30. The zero-order chi connectivity index (χ0) is 43.2. The van der Waals surface area contributed by atoms with Crippen molar-refractivity contribution < 1.29 is 39.2 Å². The second kappa shape index (κ2) is 16.3. The molecule has 0 radical (unpaired) electrons. The van der Waals surface area contributed by atoms with Crippen molar-refractivity contribution in [2.75, 3.05) is 4.90 Å². The first-order valence-corrected chi connectivity index (χ1v) is 21.2. The molecule has 11 nitrogen and oxygen atoms in total. The van der Waals surface area contributed by atoms with E-state index in [9.17, 15) is 29.7 Å². The number of rotatable bonds is 6. The number of benzene rings is 5. The van der Waals surface area contributed by atoms with E-state index >= 15 is 4.79 Å². The molecule has 62 heavy (non-hydrogen) atoms. The number of carboxylic acids is 1. The predicted molar refractivity (Wildman–Crippen MR) is 231 cm³/mol. The minimum Gasteiger partial charge on any atom is -0.508 e. The van der Waals surface area contributed by atoms with E-state index in [0.717, 1.165) is 36.1 Å². The van der Waals surface area contributed by atoms with Gasteiger partial charge in [-0.1, -0.05) is 128 Å². The van der Waals surface area contributed by atoms with Gasteiger partial charge < -0.3 is 25.4 Å². The van der Waals surface area contributed by atoms with E-state index in [1.165, 1.54) is 12.1 Å². The minimum absolute atomic E-state index is 0.0602. The first-order valence-electron chi connectivity index (χ1n) is 21.2. The average Bonchev–Trinajstić information content (AvgIpc) is 3.62. The molecule has 0 aromatic heterocycles. The van der Waals surface area contributed by atoms with E-state index in [4.69, 9.17) is 4.74 Å². The van der Waals surface area contributed by atoms with Crippen molar-refractivity contribution in [1.82, 2.24) is 10.2 Å². The molecule has 1 saturated carbocycles. The second-order valence-corrected chi connectivity index (χ2v) is 16.8. The molecule has 11 heteroatoms. The summed E-state index contributed by atoms with van der Waals surface area (Å²) in [5.41, 5.74) is -0.0537. The average molecular weight is 830 g/mol. The SMILES string of the molecule is C[C@@H](NC(=O)N1C(=O)[C@@]2(c3cc(C#CC4(O)CCCCCC4)ccc31)[C@H](C(=O)O)[C@H]1C(=O)O[C@H](c3ccccc3)[C@H](c3ccccc3)N1[C@@H]2c1ccc(O)cc1)c1ccccc1. The molecule has 3 amide bonds. The number of morpholine rings is 1. The van der Waals surface area contributed by atoms with Crippen LogP contribution in [0.25, 0.3) is 0 Å². The largest absolute Gasteiger partial charge is 0.508 e. The van der Waals surface area contributed by atoms with E-state index in [1.807, 2.05) is 91.0 Å². The normalized spacial score (nSPS) is 25.7. The van der Waals surface area contributed by atoms with Crippen LogP contribution in [0.15, 0.2) is 133 Å². The van der Waals surface area contributed by atoms with Crippen LogP contribution >= 0.6 is 0 Å². The molecule has 4 aliphatic rings. The van der Waals surface area contributed by atoms with Gasteiger partial charge in [-0.15, -0.1) is 0 Å². The Bertz CT molecular complexity index is 2570. The maximum Gasteiger partial charge on any atom is 0.329 e. The number of ether oxygens (including phenoxy) is 1. The molecule has 4 N–H and O–H groups in total. The number of amides is 3. The highest BCUT2D eigenvalue weighted by molar-refractivity contribution is 6.24. The van der Waals surface area contributed by atoms with E-state index in [0.29, 0.717) is 35.1 Å². The van der Waals surface area contributed by atoms with Gasteiger partial charge in [0.2, 0.25) is 5.91 Å². The molecule has 9 rings (SSSR count). The third kappa shape index (κ3) is 6.89. The minimum atomic E-state index is -2.15. The number of nitrogens with one attached hydrogen (secondary N) is 1. The third-order valence-electron chi connectivity index (χ3n) is 13.1. The van der Waals surface area contributed by atoms with Crippen LogP contribution in [0.3, 0.4) is 0 Å². The highest BCUT2D eigenvalue weighted by Gasteiger charge is 2.76. The Morgan fingerprint density at radius 3 is 2.02 bits per heavy atom. The topological polar surface area (TPSA) is 157 Å². The Morgan fingerprint density at radius 1 is 0.774 bits per heavy atom. The number of cyclic esters (lactones) is 1. The van der Waals surface area contributed by atoms with Gasteiger partial charge in [0, 0.05) is 5.56 Å². The Kier molecular flexibility index (Phi) is 10.7. The van der Waals surface area contributed by atoms with Crippen LogP contribution in [0.1, 0.15) is 103 Å². The van der Waals surface area contributed by atoms with Crippen molar-refractivity contribution in [1.29, 1.82) is 0 Å². The standard InChI is InChI=1S/C51H47N3O8/c1-32(34-15-7-4-8-16-34)52-49(60)53-40-26-21-33(27-30-50(61)28-13-2-3-14-29-50)31-39(40)51(48(53)59)41(46(56)57)43-47(58)62-44(36-19-11-6-12-20-36)42(35-17-9-5-10-18-35)54(43)45(51)37-22-24-38(55)25-23-37/h4-12,15-26,31-32,41-45,55,61H,2-3,13-14,28-29H2,1H3,(H,52,60)(H,56,57)/t32-,41+,42+,43+,44-,45-,51+/m1/s1. The smallest absolute Gasteiger partial charge is 0.329 e. The Morgan fingerprint density at radius 2 is 1.39 bits per heavy atom. The number of carboxylic acid groups (broad SMARTS) is 1. The number of anilines is 1. The van der Waals surface area contributed by atoms with E-state index < -0.39 is 71.1 Å². The van der Waals surface area contributed by atoms with Gasteiger partial charge in [0.25, 0.3) is 0 Å². The number of aliphatic hydroxyl groups is 1. The molecule has 314 valence electrons. The lowest BCUT2D eigenvalue weighted by molar-refractivity contribution is -0.179. The van der Waals surface area contributed by atoms with Crippen LogP contribution in [0.4, 0.5) is 10.5 Å². The highest BCUT2D eigenvalue weighted by atomic mass is 16.6. The van der Waals surface area contributed by atoms with Crippen LogP contribution in [0.5, 0.6) is 5.75 Å². The molecular weight excluding hydrogens is 783 g/mol. The number of imide groups is 1. The molecule has 7 atom stereocenters. The van der Waals surface area contributed by atoms with Crippen LogP contribution in [0.2, 0.25) is 0 Å². The summed E-state index contributed by atoms with van der Waals surface area (Å²) < 4.78 is 6.35. The molecule has 2 saturated heterocycles. The van der Waals surface area contributed by atoms with E-state index in [-0.39, 0.29) is 17.0 Å². The van der Waals surface area contributed by atoms with Crippen molar-refractivity contribution in [3.8, 4) is 17.6 Å². The van der Waals surface area contributed by atoms with Gasteiger partial charge in [-0.2, -0.15) is 0 Å². The van der Waals surface area contributed by atoms with Crippen LogP contribution in [-0.4, -0.2) is 55.7 Å². The van der Waals surface area contributed by atoms with Gasteiger partial charge in [0.05, 0.1) is 23.8 Å². The maximum atomic E-state index is 16.1. The summed E-state index contributed by atoms with van der Waals surface area (Å²) in [4.78, 5) is 62.7. The van der Waals surface area contributed by atoms with E-state index in [1.54, 1.807) is 42.2 Å². The first-order chi connectivity index (χ1) is 30.0. The maximum absolute atomic E-state index is 16.1. The van der Waals surface area contributed by atoms with Crippen LogP contribution < -0.4 is 10.2 Å². The molecule has 3 heterocycles. The third-order valence-corrected chi connectivity index (χ3v) is 13.1. The second-order valence-electron chi connectivity index (χ2n) is 16.8. The lowest BCUT2D eigenvalue weighted by Crippen LogP contribution is -2.54. The lowest BCUT2D eigenvalue weighted by atomic mass is 9.65. The number of fused-ring (bicyclic) bond motifs is 3. The molecule has 3 fully saturated rings. The fraction of sp³-hybridized carbons (Fsp3) is 0.294. The van der Waals surface area contributed by atoms with Crippen LogP contribution in [-0.2, 0) is 24.5 Å². The number of nitrogens with zero attached hydrogens (tertiary/aromatic N) is 2. The summed E-state index contributed by atoms with van der Waals surface area (Å²) >= 11 is 0. The number of urea groups is 1. The van der Waals surface area contributed by atoms with Gasteiger partial charge >= 0.3 is 18.0 Å². The number of esters is 1. The summed E-state index contributed by atoms with van der Waals surface area (Å²) in [6.45, 7) is 1.79. The Labute approximate surface area is 360 Å². The summed E-state index contributed by atoms with van der Waals surface area (Å²) in [5.74, 6) is 1.30. The van der Waals surface area contributed by atoms with Crippen molar-refractivity contribution in [2.24, 2.45) is 5.92 Å². The molecule has 1 aliphatic carbocycles. The number of aromatic hydroxyl groups is 1.